The number of benzene rings is 2. The molecule has 0 unspecified atom stereocenters. The molecule has 2 aromatic carbocycles. The highest BCUT2D eigenvalue weighted by atomic mass is 16.6. The molecule has 7 nitrogen and oxygen atoms in total. The minimum Gasteiger partial charge on any atom is -0.462 e. The van der Waals surface area contributed by atoms with Crippen molar-refractivity contribution in [3.05, 3.63) is 69.8 Å². The van der Waals surface area contributed by atoms with E-state index in [1.807, 2.05) is 0 Å². The van der Waals surface area contributed by atoms with Crippen LogP contribution in [0.1, 0.15) is 118 Å². The van der Waals surface area contributed by atoms with E-state index in [-0.39, 0.29) is 22.6 Å². The Kier molecular flexibility index (Phi) is 14.7. The van der Waals surface area contributed by atoms with Crippen molar-refractivity contribution in [2.75, 3.05) is 6.61 Å². The van der Waals surface area contributed by atoms with Gasteiger partial charge in [-0.2, -0.15) is 0 Å². The van der Waals surface area contributed by atoms with Crippen LogP contribution in [0.25, 0.3) is 0 Å². The molecule has 0 aliphatic rings. The second-order valence-corrected chi connectivity index (χ2v) is 9.46. The Morgan fingerprint density at radius 1 is 0.703 bits per heavy atom. The van der Waals surface area contributed by atoms with E-state index in [0.717, 1.165) is 25.3 Å². The van der Waals surface area contributed by atoms with Gasteiger partial charge in [0.1, 0.15) is 5.75 Å². The summed E-state index contributed by atoms with van der Waals surface area (Å²) in [6, 6.07) is 11.5. The zero-order valence-corrected chi connectivity index (χ0v) is 22.1. The lowest BCUT2D eigenvalue weighted by Gasteiger charge is -2.08. The van der Waals surface area contributed by atoms with E-state index in [2.05, 4.69) is 6.92 Å². The Balaban J connectivity index is 1.57. The highest BCUT2D eigenvalue weighted by molar-refractivity contribution is 5.93. The molecule has 0 aromatic heterocycles. The summed E-state index contributed by atoms with van der Waals surface area (Å²) in [6.07, 6.45) is 17.7. The average molecular weight is 512 g/mol. The van der Waals surface area contributed by atoms with Crippen LogP contribution < -0.4 is 4.74 Å². The number of unbranched alkanes of at least 4 members (excludes halogenated alkanes) is 13. The molecular weight excluding hydrogens is 470 g/mol. The van der Waals surface area contributed by atoms with Crippen LogP contribution in [0.2, 0.25) is 0 Å². The molecule has 0 radical (unpaired) electrons. The Hall–Kier alpha value is -3.22. The number of nitro groups is 1. The third kappa shape index (κ3) is 12.5. The van der Waals surface area contributed by atoms with E-state index in [9.17, 15) is 19.7 Å². The number of esters is 2. The van der Waals surface area contributed by atoms with Gasteiger partial charge in [0.2, 0.25) is 0 Å². The molecule has 0 saturated carbocycles. The Morgan fingerprint density at radius 2 is 1.22 bits per heavy atom. The zero-order chi connectivity index (χ0) is 26.7. The van der Waals surface area contributed by atoms with Crippen molar-refractivity contribution < 1.29 is 24.0 Å². The fraction of sp³-hybridized carbons (Fsp3) is 0.533. The summed E-state index contributed by atoms with van der Waals surface area (Å²) in [4.78, 5) is 35.0. The van der Waals surface area contributed by atoms with Crippen LogP contribution in [0.5, 0.6) is 5.75 Å². The van der Waals surface area contributed by atoms with Gasteiger partial charge >= 0.3 is 11.9 Å². The number of non-ortho nitro benzene ring substituents is 1. The van der Waals surface area contributed by atoms with Crippen LogP contribution in [0, 0.1) is 10.1 Å². The van der Waals surface area contributed by atoms with Gasteiger partial charge in [-0.3, -0.25) is 10.1 Å². The van der Waals surface area contributed by atoms with Crippen molar-refractivity contribution in [2.45, 2.75) is 96.8 Å². The molecular formula is C30H41NO6. The quantitative estimate of drug-likeness (QED) is 0.0617. The molecule has 0 heterocycles. The Bertz CT molecular complexity index is 974. The minimum absolute atomic E-state index is 0.0555. The van der Waals surface area contributed by atoms with E-state index in [0.29, 0.717) is 6.61 Å². The number of nitro benzene ring substituents is 1. The van der Waals surface area contributed by atoms with Gasteiger partial charge in [-0.05, 0) is 30.7 Å². The van der Waals surface area contributed by atoms with E-state index in [1.165, 1.54) is 94.9 Å². The second-order valence-electron chi connectivity index (χ2n) is 9.46. The summed E-state index contributed by atoms with van der Waals surface area (Å²) < 4.78 is 10.7. The molecule has 0 aliphatic carbocycles. The molecule has 0 aliphatic heterocycles. The summed E-state index contributed by atoms with van der Waals surface area (Å²) >= 11 is 0. The monoisotopic (exact) mass is 511 g/mol. The maximum Gasteiger partial charge on any atom is 0.343 e. The Morgan fingerprint density at radius 3 is 1.78 bits per heavy atom. The molecule has 0 fully saturated rings. The van der Waals surface area contributed by atoms with Gasteiger partial charge in [-0.1, -0.05) is 103 Å². The van der Waals surface area contributed by atoms with Crippen molar-refractivity contribution in [1.29, 1.82) is 0 Å². The first-order valence-corrected chi connectivity index (χ1v) is 13.7. The third-order valence-corrected chi connectivity index (χ3v) is 6.30. The number of ether oxygens (including phenoxy) is 2. The summed E-state index contributed by atoms with van der Waals surface area (Å²) in [6.45, 7) is 2.61. The molecule has 0 amide bonds. The third-order valence-electron chi connectivity index (χ3n) is 6.30. The molecule has 0 N–H and O–H groups in total. The first-order chi connectivity index (χ1) is 18.0. The van der Waals surface area contributed by atoms with Gasteiger partial charge in [0.25, 0.3) is 5.69 Å². The highest BCUT2D eigenvalue weighted by Gasteiger charge is 2.15. The van der Waals surface area contributed by atoms with Crippen LogP contribution in [0.3, 0.4) is 0 Å². The second kappa shape index (κ2) is 18.1. The first kappa shape index (κ1) is 30.0. The predicted molar refractivity (Wildman–Crippen MR) is 145 cm³/mol. The molecule has 37 heavy (non-hydrogen) atoms. The SMILES string of the molecule is CCCCCCCCCCCCCCCCOC(=O)c1cccc(OC(=O)c2cccc([N+](=O)[O-])c2)c1. The topological polar surface area (TPSA) is 95.7 Å². The van der Waals surface area contributed by atoms with Gasteiger partial charge in [-0.15, -0.1) is 0 Å². The van der Waals surface area contributed by atoms with Gasteiger partial charge in [0.15, 0.2) is 0 Å². The highest BCUT2D eigenvalue weighted by Crippen LogP contribution is 2.19. The number of nitrogens with zero attached hydrogens (tertiary/aromatic N) is 1. The van der Waals surface area contributed by atoms with Crippen molar-refractivity contribution in [2.24, 2.45) is 0 Å². The maximum atomic E-state index is 12.4. The predicted octanol–water partition coefficient (Wildman–Crippen LogP) is 8.45. The zero-order valence-electron chi connectivity index (χ0n) is 22.1. The first-order valence-electron chi connectivity index (χ1n) is 13.7. The van der Waals surface area contributed by atoms with Crippen LogP contribution >= 0.6 is 0 Å². The molecule has 202 valence electrons. The lowest BCUT2D eigenvalue weighted by Crippen LogP contribution is -2.10. The summed E-state index contributed by atoms with van der Waals surface area (Å²) in [7, 11) is 0. The van der Waals surface area contributed by atoms with E-state index in [1.54, 1.807) is 18.2 Å². The van der Waals surface area contributed by atoms with Gasteiger partial charge < -0.3 is 9.47 Å². The van der Waals surface area contributed by atoms with Gasteiger partial charge in [-0.25, -0.2) is 9.59 Å². The summed E-state index contributed by atoms with van der Waals surface area (Å²) in [5.41, 5.74) is 0.143. The van der Waals surface area contributed by atoms with E-state index < -0.39 is 16.9 Å². The van der Waals surface area contributed by atoms with Crippen molar-refractivity contribution >= 4 is 17.6 Å². The van der Waals surface area contributed by atoms with Crippen molar-refractivity contribution in [1.82, 2.24) is 0 Å². The summed E-state index contributed by atoms with van der Waals surface area (Å²) in [5.74, 6) is -1.04. The van der Waals surface area contributed by atoms with Crippen LogP contribution in [0.15, 0.2) is 48.5 Å². The largest absolute Gasteiger partial charge is 0.462 e. The molecule has 2 aromatic rings. The van der Waals surface area contributed by atoms with Crippen LogP contribution in [0.4, 0.5) is 5.69 Å². The number of hydrogen-bond acceptors (Lipinski definition) is 6. The molecule has 0 bridgehead atoms. The molecule has 0 saturated heterocycles. The average Bonchev–Trinajstić information content (AvgIpc) is 2.91. The summed E-state index contributed by atoms with van der Waals surface area (Å²) in [5, 5.41) is 10.9. The molecule has 0 spiro atoms. The smallest absolute Gasteiger partial charge is 0.343 e. The standard InChI is InChI=1S/C30H41NO6/c1-2-3-4-5-6-7-8-9-10-11-12-13-14-15-22-36-29(32)26-19-17-21-28(24-26)37-30(33)25-18-16-20-27(23-25)31(34)35/h16-21,23-24H,2-15,22H2,1H3. The lowest BCUT2D eigenvalue weighted by molar-refractivity contribution is -0.384. The van der Waals surface area contributed by atoms with E-state index >= 15 is 0 Å². The van der Waals surface area contributed by atoms with Crippen molar-refractivity contribution in [3.8, 4) is 5.75 Å². The maximum absolute atomic E-state index is 12.4. The van der Waals surface area contributed by atoms with Crippen LogP contribution in [-0.4, -0.2) is 23.5 Å². The fourth-order valence-corrected chi connectivity index (χ4v) is 4.14. The number of carbonyl (C=O) groups is 2. The van der Waals surface area contributed by atoms with Gasteiger partial charge in [0, 0.05) is 12.1 Å². The Labute approximate surface area is 220 Å². The fourth-order valence-electron chi connectivity index (χ4n) is 4.14. The normalized spacial score (nSPS) is 10.7. The van der Waals surface area contributed by atoms with Crippen molar-refractivity contribution in [3.63, 3.8) is 0 Å². The number of rotatable bonds is 19. The van der Waals surface area contributed by atoms with Gasteiger partial charge in [0.05, 0.1) is 22.7 Å². The lowest BCUT2D eigenvalue weighted by atomic mass is 10.0. The number of hydrogen-bond donors (Lipinski definition) is 0. The van der Waals surface area contributed by atoms with Crippen LogP contribution in [-0.2, 0) is 4.74 Å². The number of carbonyl (C=O) groups excluding carboxylic acids is 2. The molecule has 0 atom stereocenters. The molecule has 2 rings (SSSR count). The minimum atomic E-state index is -0.739. The van der Waals surface area contributed by atoms with E-state index in [4.69, 9.17) is 9.47 Å². The molecule has 7 heteroatoms.